The lowest BCUT2D eigenvalue weighted by Crippen LogP contribution is -2.76. The molecule has 1 aliphatic carbocycles. The molecule has 1 rings (SSSR count). The minimum Gasteiger partial charge on any atom is -0.469 e. The quantitative estimate of drug-likeness (QED) is 0.712. The molecule has 1 aliphatic rings. The Labute approximate surface area is 132 Å². The lowest BCUT2D eigenvalue weighted by molar-refractivity contribution is -0.171. The molecule has 0 radical (unpaired) electrons. The molecule has 0 aromatic rings. The van der Waals surface area contributed by atoms with E-state index in [1.165, 1.54) is 7.11 Å². The molecule has 7 heteroatoms. The Balaban J connectivity index is 0.00000400. The third kappa shape index (κ3) is 3.87. The monoisotopic (exact) mass is 322 g/mol. The number of halogens is 1. The maximum Gasteiger partial charge on any atom is 0.307 e. The van der Waals surface area contributed by atoms with Crippen LogP contribution in [0.25, 0.3) is 0 Å². The molecule has 1 fully saturated rings. The van der Waals surface area contributed by atoms with Crippen LogP contribution >= 0.6 is 12.4 Å². The summed E-state index contributed by atoms with van der Waals surface area (Å²) in [5.74, 6) is -0.598. The normalized spacial score (nSPS) is 27.8. The lowest BCUT2D eigenvalue weighted by atomic mass is 9.54. The van der Waals surface area contributed by atoms with Crippen LogP contribution in [0.2, 0.25) is 0 Å². The maximum absolute atomic E-state index is 12.3. The Morgan fingerprint density at radius 3 is 2.43 bits per heavy atom. The number of hydrogen-bond acceptors (Lipinski definition) is 5. The highest BCUT2D eigenvalue weighted by molar-refractivity contribution is 5.89. The predicted molar refractivity (Wildman–Crippen MR) is 82.2 cm³/mol. The minimum atomic E-state index is -0.961. The van der Waals surface area contributed by atoms with Crippen LogP contribution in [0.5, 0.6) is 0 Å². The number of ether oxygens (including phenoxy) is 2. The van der Waals surface area contributed by atoms with Gasteiger partial charge >= 0.3 is 5.97 Å². The molecule has 0 aromatic heterocycles. The van der Waals surface area contributed by atoms with Gasteiger partial charge in [0.25, 0.3) is 0 Å². The van der Waals surface area contributed by atoms with Crippen LogP contribution in [0, 0.1) is 5.41 Å². The number of nitrogens with two attached hydrogens (primary N) is 1. The third-order valence-corrected chi connectivity index (χ3v) is 4.31. The number of esters is 1. The fourth-order valence-electron chi connectivity index (χ4n) is 2.56. The molecule has 0 saturated heterocycles. The predicted octanol–water partition coefficient (Wildman–Crippen LogP) is 1.01. The highest BCUT2D eigenvalue weighted by atomic mass is 35.5. The summed E-state index contributed by atoms with van der Waals surface area (Å²) in [5.41, 5.74) is 4.85. The van der Waals surface area contributed by atoms with Gasteiger partial charge in [0.2, 0.25) is 5.91 Å². The number of nitrogens with one attached hydrogen (secondary N) is 1. The fourth-order valence-corrected chi connectivity index (χ4v) is 2.56. The van der Waals surface area contributed by atoms with Crippen LogP contribution in [-0.4, -0.2) is 43.3 Å². The first kappa shape index (κ1) is 20.1. The molecule has 0 bridgehead atoms. The number of amides is 1. The van der Waals surface area contributed by atoms with Crippen molar-refractivity contribution in [3.63, 3.8) is 0 Å². The van der Waals surface area contributed by atoms with Crippen molar-refractivity contribution >= 4 is 24.3 Å². The van der Waals surface area contributed by atoms with E-state index in [9.17, 15) is 9.59 Å². The Morgan fingerprint density at radius 2 is 2.00 bits per heavy atom. The van der Waals surface area contributed by atoms with Gasteiger partial charge in [-0.1, -0.05) is 13.8 Å². The van der Waals surface area contributed by atoms with Gasteiger partial charge in [0, 0.05) is 24.5 Å². The Kier molecular flexibility index (Phi) is 7.12. The van der Waals surface area contributed by atoms with E-state index < -0.39 is 11.0 Å². The first-order chi connectivity index (χ1) is 9.18. The Morgan fingerprint density at radius 1 is 1.43 bits per heavy atom. The molecule has 0 aliphatic heterocycles. The van der Waals surface area contributed by atoms with Gasteiger partial charge in [0.05, 0.1) is 19.6 Å². The van der Waals surface area contributed by atoms with Gasteiger partial charge in [-0.2, -0.15) is 0 Å². The van der Waals surface area contributed by atoms with E-state index in [0.29, 0.717) is 13.0 Å². The number of carbonyl (C=O) groups excluding carboxylic acids is 2. The zero-order valence-electron chi connectivity index (χ0n) is 13.4. The van der Waals surface area contributed by atoms with E-state index in [1.807, 2.05) is 20.8 Å². The summed E-state index contributed by atoms with van der Waals surface area (Å²) in [4.78, 5) is 23.5. The standard InChI is InChI=1S/C14H26N2O4.ClH/c1-6-20-10-8-14(15,13(10,3)4)12(18)16-9(2)7-11(17)19-5;/h9-10H,6-8,15H2,1-5H3,(H,16,18);1H. The second-order valence-corrected chi connectivity index (χ2v) is 6.00. The molecule has 0 heterocycles. The van der Waals surface area contributed by atoms with E-state index in [1.54, 1.807) is 6.92 Å². The number of rotatable bonds is 6. The largest absolute Gasteiger partial charge is 0.469 e. The van der Waals surface area contributed by atoms with Gasteiger partial charge in [-0.15, -0.1) is 12.4 Å². The van der Waals surface area contributed by atoms with Crippen LogP contribution in [0.15, 0.2) is 0 Å². The summed E-state index contributed by atoms with van der Waals surface area (Å²) in [6, 6.07) is -0.308. The molecule has 21 heavy (non-hydrogen) atoms. The summed E-state index contributed by atoms with van der Waals surface area (Å²) < 4.78 is 10.2. The summed E-state index contributed by atoms with van der Waals surface area (Å²) in [7, 11) is 1.32. The van der Waals surface area contributed by atoms with Crippen LogP contribution in [0.1, 0.15) is 40.5 Å². The zero-order valence-corrected chi connectivity index (χ0v) is 14.2. The molecule has 1 saturated carbocycles. The van der Waals surface area contributed by atoms with E-state index in [2.05, 4.69) is 10.1 Å². The molecule has 1 amide bonds. The molecule has 6 nitrogen and oxygen atoms in total. The van der Waals surface area contributed by atoms with Crippen molar-refractivity contribution in [3.8, 4) is 0 Å². The van der Waals surface area contributed by atoms with Gasteiger partial charge in [-0.25, -0.2) is 0 Å². The van der Waals surface area contributed by atoms with E-state index in [-0.39, 0.29) is 42.9 Å². The van der Waals surface area contributed by atoms with Crippen molar-refractivity contribution in [1.82, 2.24) is 5.32 Å². The molecule has 0 spiro atoms. The van der Waals surface area contributed by atoms with Crippen molar-refractivity contribution in [3.05, 3.63) is 0 Å². The molecular weight excluding hydrogens is 296 g/mol. The first-order valence-corrected chi connectivity index (χ1v) is 6.97. The molecule has 3 unspecified atom stereocenters. The summed E-state index contributed by atoms with van der Waals surface area (Å²) in [5, 5.41) is 2.79. The van der Waals surface area contributed by atoms with Crippen LogP contribution in [-0.2, 0) is 19.1 Å². The molecule has 3 N–H and O–H groups in total. The lowest BCUT2D eigenvalue weighted by Gasteiger charge is -2.57. The van der Waals surface area contributed by atoms with Crippen LogP contribution in [0.3, 0.4) is 0 Å². The van der Waals surface area contributed by atoms with Gasteiger partial charge in [-0.05, 0) is 13.8 Å². The topological polar surface area (TPSA) is 90.6 Å². The number of hydrogen-bond donors (Lipinski definition) is 2. The van der Waals surface area contributed by atoms with E-state index in [0.717, 1.165) is 0 Å². The number of carbonyl (C=O) groups is 2. The molecule has 3 atom stereocenters. The Hall–Kier alpha value is -0.850. The summed E-state index contributed by atoms with van der Waals surface area (Å²) >= 11 is 0. The molecular formula is C14H27ClN2O4. The first-order valence-electron chi connectivity index (χ1n) is 6.97. The fraction of sp³-hybridized carbons (Fsp3) is 0.857. The molecule has 0 aromatic carbocycles. The third-order valence-electron chi connectivity index (χ3n) is 4.31. The van der Waals surface area contributed by atoms with Crippen molar-refractivity contribution in [1.29, 1.82) is 0 Å². The maximum atomic E-state index is 12.3. The van der Waals surface area contributed by atoms with Gasteiger partial charge in [-0.3, -0.25) is 9.59 Å². The van der Waals surface area contributed by atoms with Crippen molar-refractivity contribution < 1.29 is 19.1 Å². The van der Waals surface area contributed by atoms with E-state index in [4.69, 9.17) is 10.5 Å². The highest BCUT2D eigenvalue weighted by Crippen LogP contribution is 2.49. The average molecular weight is 323 g/mol. The van der Waals surface area contributed by atoms with Gasteiger partial charge < -0.3 is 20.5 Å². The average Bonchev–Trinajstić information content (AvgIpc) is 2.37. The van der Waals surface area contributed by atoms with Gasteiger partial charge in [0.1, 0.15) is 5.54 Å². The van der Waals surface area contributed by atoms with Crippen molar-refractivity contribution in [2.75, 3.05) is 13.7 Å². The second kappa shape index (κ2) is 7.42. The summed E-state index contributed by atoms with van der Waals surface area (Å²) in [6.45, 7) is 8.14. The van der Waals surface area contributed by atoms with Crippen LogP contribution < -0.4 is 11.1 Å². The summed E-state index contributed by atoms with van der Waals surface area (Å²) in [6.07, 6.45) is 0.609. The SMILES string of the molecule is CCOC1CC(N)(C(=O)NC(C)CC(=O)OC)C1(C)C.Cl. The van der Waals surface area contributed by atoms with Crippen LogP contribution in [0.4, 0.5) is 0 Å². The second-order valence-electron chi connectivity index (χ2n) is 6.00. The highest BCUT2D eigenvalue weighted by Gasteiger charge is 2.62. The van der Waals surface area contributed by atoms with E-state index >= 15 is 0 Å². The minimum absolute atomic E-state index is 0. The molecule has 124 valence electrons. The van der Waals surface area contributed by atoms with Crippen molar-refractivity contribution in [2.24, 2.45) is 11.1 Å². The van der Waals surface area contributed by atoms with Crippen molar-refractivity contribution in [2.45, 2.75) is 58.2 Å². The number of methoxy groups -OCH3 is 1. The van der Waals surface area contributed by atoms with Gasteiger partial charge in [0.15, 0.2) is 0 Å². The Bertz CT molecular complexity index is 389. The smallest absolute Gasteiger partial charge is 0.307 e. The zero-order chi connectivity index (χ0) is 15.6.